The average molecular weight is 346 g/mol. The Kier molecular flexibility index (Phi) is 5.06. The molecule has 0 radical (unpaired) electrons. The summed E-state index contributed by atoms with van der Waals surface area (Å²) in [5.74, 6) is -0.668. The molecule has 2 aromatic rings. The number of aromatic nitrogens is 2. The minimum Gasteiger partial charge on any atom is -0.339 e. The molecule has 1 aromatic carbocycles. The summed E-state index contributed by atoms with van der Waals surface area (Å²) in [6, 6.07) is 5.26. The Morgan fingerprint density at radius 2 is 2.12 bits per heavy atom. The number of piperidine rings is 1. The predicted octanol–water partition coefficient (Wildman–Crippen LogP) is 2.12. The lowest BCUT2D eigenvalue weighted by Gasteiger charge is -2.30. The van der Waals surface area contributed by atoms with Crippen molar-refractivity contribution >= 4 is 17.5 Å². The predicted molar refractivity (Wildman–Crippen MR) is 87.3 cm³/mol. The van der Waals surface area contributed by atoms with Crippen LogP contribution in [0.5, 0.6) is 0 Å². The highest BCUT2D eigenvalue weighted by molar-refractivity contribution is 6.39. The number of carbonyl (C=O) groups excluding carboxylic acids is 2. The molecule has 1 atom stereocenters. The Morgan fingerprint density at radius 3 is 2.80 bits per heavy atom. The summed E-state index contributed by atoms with van der Waals surface area (Å²) in [5.41, 5.74) is 0.374. The second kappa shape index (κ2) is 7.42. The Labute approximate surface area is 144 Å². The van der Waals surface area contributed by atoms with Gasteiger partial charge in [-0.3, -0.25) is 9.59 Å². The van der Waals surface area contributed by atoms with Crippen molar-refractivity contribution in [2.24, 2.45) is 0 Å². The van der Waals surface area contributed by atoms with Crippen molar-refractivity contribution in [3.8, 4) is 0 Å². The third-order valence-corrected chi connectivity index (χ3v) is 4.16. The SMILES string of the molecule is CCc1nc([C@@H]2CCCN(C(=O)C(=O)Nc3ccc(F)cc3)C2)no1. The Morgan fingerprint density at radius 1 is 1.36 bits per heavy atom. The number of nitrogens with one attached hydrogen (secondary N) is 1. The van der Waals surface area contributed by atoms with E-state index in [0.717, 1.165) is 12.8 Å². The van der Waals surface area contributed by atoms with E-state index >= 15 is 0 Å². The standard InChI is InChI=1S/C17H19FN4O3/c1-2-14-20-15(21-25-14)11-4-3-9-22(10-11)17(24)16(23)19-13-7-5-12(18)6-8-13/h5-8,11H,2-4,9-10H2,1H3,(H,19,23)/t11-/m1/s1. The van der Waals surface area contributed by atoms with Crippen molar-refractivity contribution in [1.82, 2.24) is 15.0 Å². The van der Waals surface area contributed by atoms with E-state index in [2.05, 4.69) is 15.5 Å². The molecule has 1 N–H and O–H groups in total. The molecule has 1 aromatic heterocycles. The zero-order chi connectivity index (χ0) is 17.8. The Balaban J connectivity index is 1.62. The van der Waals surface area contributed by atoms with Crippen LogP contribution in [0.2, 0.25) is 0 Å². The van der Waals surface area contributed by atoms with Gasteiger partial charge in [-0.25, -0.2) is 4.39 Å². The molecule has 8 heteroatoms. The summed E-state index contributed by atoms with van der Waals surface area (Å²) in [7, 11) is 0. The molecular weight excluding hydrogens is 327 g/mol. The van der Waals surface area contributed by atoms with E-state index in [1.807, 2.05) is 6.92 Å². The topological polar surface area (TPSA) is 88.3 Å². The van der Waals surface area contributed by atoms with Crippen molar-refractivity contribution in [3.63, 3.8) is 0 Å². The lowest BCUT2D eigenvalue weighted by Crippen LogP contribution is -2.44. The van der Waals surface area contributed by atoms with Crippen LogP contribution < -0.4 is 5.32 Å². The molecule has 2 amide bonds. The molecule has 7 nitrogen and oxygen atoms in total. The first-order valence-corrected chi connectivity index (χ1v) is 8.25. The number of carbonyl (C=O) groups is 2. The average Bonchev–Trinajstić information content (AvgIpc) is 3.12. The lowest BCUT2D eigenvalue weighted by molar-refractivity contribution is -0.144. The summed E-state index contributed by atoms with van der Waals surface area (Å²) < 4.78 is 18.0. The molecule has 0 aliphatic carbocycles. The van der Waals surface area contributed by atoms with Crippen molar-refractivity contribution in [1.29, 1.82) is 0 Å². The number of anilines is 1. The lowest BCUT2D eigenvalue weighted by atomic mass is 9.97. The highest BCUT2D eigenvalue weighted by Gasteiger charge is 2.30. The van der Waals surface area contributed by atoms with Crippen LogP contribution in [0.15, 0.2) is 28.8 Å². The number of aryl methyl sites for hydroxylation is 1. The summed E-state index contributed by atoms with van der Waals surface area (Å²) in [4.78, 5) is 30.3. The largest absolute Gasteiger partial charge is 0.339 e. The minimum atomic E-state index is -0.741. The maximum atomic E-state index is 12.9. The molecule has 0 saturated carbocycles. The van der Waals surface area contributed by atoms with Gasteiger partial charge in [-0.15, -0.1) is 0 Å². The zero-order valence-corrected chi connectivity index (χ0v) is 13.9. The van der Waals surface area contributed by atoms with E-state index in [0.29, 0.717) is 36.9 Å². The fourth-order valence-corrected chi connectivity index (χ4v) is 2.81. The molecule has 1 saturated heterocycles. The van der Waals surface area contributed by atoms with Gasteiger partial charge in [-0.1, -0.05) is 12.1 Å². The normalized spacial score (nSPS) is 17.4. The summed E-state index contributed by atoms with van der Waals surface area (Å²) in [5, 5.41) is 6.45. The third kappa shape index (κ3) is 4.01. The maximum Gasteiger partial charge on any atom is 0.313 e. The zero-order valence-electron chi connectivity index (χ0n) is 13.9. The van der Waals surface area contributed by atoms with Crippen molar-refractivity contribution in [3.05, 3.63) is 41.8 Å². The van der Waals surface area contributed by atoms with E-state index in [1.54, 1.807) is 0 Å². The Bertz CT molecular complexity index is 760. The fraction of sp³-hybridized carbons (Fsp3) is 0.412. The number of nitrogens with zero attached hydrogens (tertiary/aromatic N) is 3. The van der Waals surface area contributed by atoms with Crippen LogP contribution in [0.3, 0.4) is 0 Å². The molecule has 0 bridgehead atoms. The van der Waals surface area contributed by atoms with Gasteiger partial charge in [0.15, 0.2) is 5.82 Å². The molecule has 2 heterocycles. The molecular formula is C17H19FN4O3. The number of rotatable bonds is 3. The molecule has 1 aliphatic rings. The number of likely N-dealkylation sites (tertiary alicyclic amines) is 1. The van der Waals surface area contributed by atoms with Crippen LogP contribution in [0.25, 0.3) is 0 Å². The van der Waals surface area contributed by atoms with Crippen molar-refractivity contribution in [2.45, 2.75) is 32.1 Å². The highest BCUT2D eigenvalue weighted by atomic mass is 19.1. The van der Waals surface area contributed by atoms with Crippen LogP contribution in [0, 0.1) is 5.82 Å². The molecule has 0 unspecified atom stereocenters. The smallest absolute Gasteiger partial charge is 0.313 e. The van der Waals surface area contributed by atoms with Crippen LogP contribution in [0.4, 0.5) is 10.1 Å². The van der Waals surface area contributed by atoms with Gasteiger partial charge in [0, 0.05) is 31.1 Å². The molecule has 1 aliphatic heterocycles. The minimum absolute atomic E-state index is 0.0413. The summed E-state index contributed by atoms with van der Waals surface area (Å²) in [6.07, 6.45) is 2.25. The monoisotopic (exact) mass is 346 g/mol. The van der Waals surface area contributed by atoms with E-state index in [4.69, 9.17) is 4.52 Å². The first-order valence-electron chi connectivity index (χ1n) is 8.25. The number of benzene rings is 1. The maximum absolute atomic E-state index is 12.9. The van der Waals surface area contributed by atoms with Crippen LogP contribution in [-0.4, -0.2) is 39.9 Å². The van der Waals surface area contributed by atoms with Crippen LogP contribution >= 0.6 is 0 Å². The Hall–Kier alpha value is -2.77. The first-order chi connectivity index (χ1) is 12.1. The number of hydrogen-bond donors (Lipinski definition) is 1. The summed E-state index contributed by atoms with van der Waals surface area (Å²) in [6.45, 7) is 2.80. The first kappa shape index (κ1) is 17.1. The van der Waals surface area contributed by atoms with E-state index in [9.17, 15) is 14.0 Å². The number of hydrogen-bond acceptors (Lipinski definition) is 5. The van der Waals surface area contributed by atoms with Crippen molar-refractivity contribution < 1.29 is 18.5 Å². The fourth-order valence-electron chi connectivity index (χ4n) is 2.81. The molecule has 25 heavy (non-hydrogen) atoms. The van der Waals surface area contributed by atoms with Gasteiger partial charge in [0.2, 0.25) is 5.89 Å². The molecule has 1 fully saturated rings. The molecule has 132 valence electrons. The number of amides is 2. The number of halogens is 1. The van der Waals surface area contributed by atoms with Gasteiger partial charge in [0.1, 0.15) is 5.82 Å². The quantitative estimate of drug-likeness (QED) is 0.860. The molecule has 3 rings (SSSR count). The van der Waals surface area contributed by atoms with E-state index in [-0.39, 0.29) is 5.92 Å². The van der Waals surface area contributed by atoms with Crippen LogP contribution in [0.1, 0.15) is 37.4 Å². The van der Waals surface area contributed by atoms with Crippen molar-refractivity contribution in [2.75, 3.05) is 18.4 Å². The van der Waals surface area contributed by atoms with Gasteiger partial charge >= 0.3 is 11.8 Å². The van der Waals surface area contributed by atoms with Gasteiger partial charge in [0.05, 0.1) is 0 Å². The van der Waals surface area contributed by atoms with E-state index < -0.39 is 17.6 Å². The third-order valence-electron chi connectivity index (χ3n) is 4.16. The van der Waals surface area contributed by atoms with E-state index in [1.165, 1.54) is 29.2 Å². The van der Waals surface area contributed by atoms with Gasteiger partial charge in [-0.05, 0) is 37.1 Å². The summed E-state index contributed by atoms with van der Waals surface area (Å²) >= 11 is 0. The highest BCUT2D eigenvalue weighted by Crippen LogP contribution is 2.25. The van der Waals surface area contributed by atoms with Gasteiger partial charge < -0.3 is 14.7 Å². The van der Waals surface area contributed by atoms with Gasteiger partial charge in [-0.2, -0.15) is 4.98 Å². The van der Waals surface area contributed by atoms with Crippen LogP contribution in [-0.2, 0) is 16.0 Å². The molecule has 0 spiro atoms. The van der Waals surface area contributed by atoms with Gasteiger partial charge in [0.25, 0.3) is 0 Å². The second-order valence-corrected chi connectivity index (χ2v) is 5.95. The second-order valence-electron chi connectivity index (χ2n) is 5.95.